The van der Waals surface area contributed by atoms with Crippen molar-refractivity contribution < 1.29 is 9.84 Å². The first-order chi connectivity index (χ1) is 8.42. The largest absolute Gasteiger partial charge is 0.492 e. The first kappa shape index (κ1) is 15.3. The van der Waals surface area contributed by atoms with E-state index in [9.17, 15) is 5.11 Å². The Morgan fingerprint density at radius 1 is 1.39 bits per heavy atom. The molecule has 3 nitrogen and oxygen atoms in total. The van der Waals surface area contributed by atoms with Crippen LogP contribution >= 0.6 is 11.6 Å². The van der Waals surface area contributed by atoms with Crippen LogP contribution in [0, 0.1) is 0 Å². The van der Waals surface area contributed by atoms with Gasteiger partial charge in [-0.15, -0.1) is 0 Å². The van der Waals surface area contributed by atoms with E-state index in [1.165, 1.54) is 0 Å². The highest BCUT2D eigenvalue weighted by atomic mass is 35.5. The van der Waals surface area contributed by atoms with Crippen LogP contribution in [0.2, 0.25) is 5.02 Å². The van der Waals surface area contributed by atoms with Gasteiger partial charge in [-0.2, -0.15) is 0 Å². The van der Waals surface area contributed by atoms with Gasteiger partial charge in [-0.05, 0) is 38.1 Å². The Balaban J connectivity index is 2.52. The van der Waals surface area contributed by atoms with E-state index in [1.807, 2.05) is 18.2 Å². The molecule has 1 rings (SSSR count). The van der Waals surface area contributed by atoms with E-state index in [0.717, 1.165) is 18.7 Å². The highest BCUT2D eigenvalue weighted by molar-refractivity contribution is 6.32. The lowest BCUT2D eigenvalue weighted by Gasteiger charge is -2.17. The highest BCUT2D eigenvalue weighted by Crippen LogP contribution is 2.26. The molecule has 0 unspecified atom stereocenters. The number of hydrogen-bond acceptors (Lipinski definition) is 3. The van der Waals surface area contributed by atoms with Crippen molar-refractivity contribution in [3.05, 3.63) is 28.8 Å². The Morgan fingerprint density at radius 2 is 2.11 bits per heavy atom. The summed E-state index contributed by atoms with van der Waals surface area (Å²) in [5.41, 5.74) is 0.425. The fourth-order valence-electron chi connectivity index (χ4n) is 1.45. The monoisotopic (exact) mass is 271 g/mol. The molecule has 0 fully saturated rings. The summed E-state index contributed by atoms with van der Waals surface area (Å²) in [5.74, 6) is 0.668. The minimum atomic E-state index is -0.711. The molecule has 0 saturated heterocycles. The molecule has 0 radical (unpaired) electrons. The average molecular weight is 272 g/mol. The molecule has 0 aromatic heterocycles. The highest BCUT2D eigenvalue weighted by Gasteiger charge is 2.12. The lowest BCUT2D eigenvalue weighted by Crippen LogP contribution is -2.21. The molecule has 2 N–H and O–H groups in total. The van der Waals surface area contributed by atoms with Crippen LogP contribution in [0.25, 0.3) is 0 Å². The zero-order valence-corrected chi connectivity index (χ0v) is 12.0. The van der Waals surface area contributed by atoms with Gasteiger partial charge in [-0.25, -0.2) is 0 Å². The molecule has 0 amide bonds. The van der Waals surface area contributed by atoms with Crippen LogP contribution in [0.3, 0.4) is 0 Å². The minimum absolute atomic E-state index is 0.454. The molecule has 1 aromatic carbocycles. The molecule has 0 bridgehead atoms. The first-order valence-electron chi connectivity index (χ1n) is 6.26. The first-order valence-corrected chi connectivity index (χ1v) is 6.64. The van der Waals surface area contributed by atoms with E-state index in [2.05, 4.69) is 12.2 Å². The second kappa shape index (κ2) is 6.98. The van der Waals surface area contributed by atoms with Crippen LogP contribution in [0.5, 0.6) is 5.75 Å². The van der Waals surface area contributed by atoms with Crippen LogP contribution in [-0.2, 0) is 6.54 Å². The molecule has 0 heterocycles. The quantitative estimate of drug-likeness (QED) is 0.801. The van der Waals surface area contributed by atoms with Crippen molar-refractivity contribution in [2.75, 3.05) is 13.2 Å². The summed E-state index contributed by atoms with van der Waals surface area (Å²) >= 11 is 6.14. The van der Waals surface area contributed by atoms with Gasteiger partial charge in [0, 0.05) is 13.0 Å². The smallest absolute Gasteiger partial charge is 0.137 e. The van der Waals surface area contributed by atoms with Gasteiger partial charge in [0.15, 0.2) is 0 Å². The van der Waals surface area contributed by atoms with Crippen molar-refractivity contribution in [3.8, 4) is 5.75 Å². The third-order valence-corrected chi connectivity index (χ3v) is 2.84. The van der Waals surface area contributed by atoms with Gasteiger partial charge < -0.3 is 15.2 Å². The number of halogens is 1. The lowest BCUT2D eigenvalue weighted by atomic mass is 10.1. The van der Waals surface area contributed by atoms with Crippen LogP contribution in [0.1, 0.15) is 32.8 Å². The Morgan fingerprint density at radius 3 is 2.67 bits per heavy atom. The number of aliphatic hydroxyl groups is 1. The van der Waals surface area contributed by atoms with Crippen LogP contribution in [0.15, 0.2) is 18.2 Å². The van der Waals surface area contributed by atoms with Crippen molar-refractivity contribution in [1.82, 2.24) is 5.32 Å². The van der Waals surface area contributed by atoms with Crippen LogP contribution < -0.4 is 10.1 Å². The molecule has 0 saturated carbocycles. The average Bonchev–Trinajstić information content (AvgIpc) is 2.27. The second-order valence-corrected chi connectivity index (χ2v) is 5.36. The number of rotatable bonds is 7. The molecule has 0 aliphatic heterocycles. The zero-order chi connectivity index (χ0) is 13.6. The maximum absolute atomic E-state index is 9.58. The van der Waals surface area contributed by atoms with Crippen molar-refractivity contribution in [2.24, 2.45) is 0 Å². The van der Waals surface area contributed by atoms with Crippen molar-refractivity contribution >= 4 is 11.6 Å². The van der Waals surface area contributed by atoms with Gasteiger partial charge in [0.05, 0.1) is 17.2 Å². The number of nitrogens with one attached hydrogen (secondary N) is 1. The Labute approximate surface area is 114 Å². The van der Waals surface area contributed by atoms with Crippen molar-refractivity contribution in [1.29, 1.82) is 0 Å². The molecule has 18 heavy (non-hydrogen) atoms. The van der Waals surface area contributed by atoms with E-state index in [-0.39, 0.29) is 0 Å². The predicted molar refractivity (Wildman–Crippen MR) is 75.2 cm³/mol. The molecule has 0 aliphatic rings. The number of ether oxygens (including phenoxy) is 1. The zero-order valence-electron chi connectivity index (χ0n) is 11.3. The van der Waals surface area contributed by atoms with Gasteiger partial charge in [-0.3, -0.25) is 0 Å². The SMILES string of the molecule is CCNCc1ccc(OCCC(C)(C)O)c(Cl)c1. The van der Waals surface area contributed by atoms with Gasteiger partial charge in [-0.1, -0.05) is 24.6 Å². The van der Waals surface area contributed by atoms with Gasteiger partial charge in [0.2, 0.25) is 0 Å². The summed E-state index contributed by atoms with van der Waals surface area (Å²) < 4.78 is 5.56. The van der Waals surface area contributed by atoms with Crippen molar-refractivity contribution in [3.63, 3.8) is 0 Å². The minimum Gasteiger partial charge on any atom is -0.492 e. The second-order valence-electron chi connectivity index (χ2n) is 4.96. The molecular formula is C14H22ClNO2. The molecule has 4 heteroatoms. The molecule has 0 aliphatic carbocycles. The molecular weight excluding hydrogens is 250 g/mol. The number of hydrogen-bond donors (Lipinski definition) is 2. The lowest BCUT2D eigenvalue weighted by molar-refractivity contribution is 0.0553. The van der Waals surface area contributed by atoms with Crippen LogP contribution in [0.4, 0.5) is 0 Å². The van der Waals surface area contributed by atoms with Gasteiger partial charge in [0.25, 0.3) is 0 Å². The summed E-state index contributed by atoms with van der Waals surface area (Å²) in [4.78, 5) is 0. The standard InChI is InChI=1S/C14H22ClNO2/c1-4-16-10-11-5-6-13(12(15)9-11)18-8-7-14(2,3)17/h5-6,9,16-17H,4,7-8,10H2,1-3H3. The molecule has 1 aromatic rings. The van der Waals surface area contributed by atoms with Crippen molar-refractivity contribution in [2.45, 2.75) is 39.3 Å². The fourth-order valence-corrected chi connectivity index (χ4v) is 1.71. The molecule has 0 atom stereocenters. The maximum atomic E-state index is 9.58. The number of benzene rings is 1. The van der Waals surface area contributed by atoms with E-state index >= 15 is 0 Å². The third-order valence-electron chi connectivity index (χ3n) is 2.55. The van der Waals surface area contributed by atoms with E-state index in [0.29, 0.717) is 23.8 Å². The Kier molecular flexibility index (Phi) is 5.93. The fraction of sp³-hybridized carbons (Fsp3) is 0.571. The molecule has 102 valence electrons. The third kappa shape index (κ3) is 5.71. The van der Waals surface area contributed by atoms with E-state index in [1.54, 1.807) is 13.8 Å². The van der Waals surface area contributed by atoms with E-state index < -0.39 is 5.60 Å². The topological polar surface area (TPSA) is 41.5 Å². The normalized spacial score (nSPS) is 11.6. The summed E-state index contributed by atoms with van der Waals surface area (Å²) in [5, 5.41) is 13.4. The maximum Gasteiger partial charge on any atom is 0.137 e. The van der Waals surface area contributed by atoms with Gasteiger partial charge >= 0.3 is 0 Å². The predicted octanol–water partition coefficient (Wildman–Crippen LogP) is 2.99. The Hall–Kier alpha value is -0.770. The summed E-state index contributed by atoms with van der Waals surface area (Å²) in [6.07, 6.45) is 0.572. The Bertz CT molecular complexity index is 375. The summed E-state index contributed by atoms with van der Waals surface area (Å²) in [6.45, 7) is 7.78. The van der Waals surface area contributed by atoms with Crippen LogP contribution in [-0.4, -0.2) is 23.9 Å². The van der Waals surface area contributed by atoms with E-state index in [4.69, 9.17) is 16.3 Å². The van der Waals surface area contributed by atoms with Gasteiger partial charge in [0.1, 0.15) is 5.75 Å². The summed E-state index contributed by atoms with van der Waals surface area (Å²) in [7, 11) is 0. The summed E-state index contributed by atoms with van der Waals surface area (Å²) in [6, 6.07) is 5.77. The molecule has 0 spiro atoms.